The first-order valence-electron chi connectivity index (χ1n) is 13.9. The molecule has 0 radical (unpaired) electrons. The van der Waals surface area contributed by atoms with Gasteiger partial charge in [-0.05, 0) is 65.8 Å². The molecule has 1 aliphatic heterocycles. The van der Waals surface area contributed by atoms with Gasteiger partial charge in [-0.3, -0.25) is 9.69 Å². The lowest BCUT2D eigenvalue weighted by atomic mass is 9.90. The van der Waals surface area contributed by atoms with Crippen LogP contribution in [0.3, 0.4) is 0 Å². The molecule has 0 aliphatic carbocycles. The van der Waals surface area contributed by atoms with Crippen molar-refractivity contribution >= 4 is 11.9 Å². The summed E-state index contributed by atoms with van der Waals surface area (Å²) in [5, 5.41) is 12.6. The van der Waals surface area contributed by atoms with E-state index in [2.05, 4.69) is 5.32 Å². The van der Waals surface area contributed by atoms with Crippen LogP contribution < -0.4 is 10.1 Å². The minimum absolute atomic E-state index is 0.00754. The summed E-state index contributed by atoms with van der Waals surface area (Å²) in [4.78, 5) is 27.4. The van der Waals surface area contributed by atoms with Gasteiger partial charge in [-0.1, -0.05) is 69.7 Å². The predicted octanol–water partition coefficient (Wildman–Crippen LogP) is 7.83. The van der Waals surface area contributed by atoms with Crippen LogP contribution in [0.25, 0.3) is 0 Å². The van der Waals surface area contributed by atoms with Crippen molar-refractivity contribution in [2.75, 3.05) is 0 Å². The van der Waals surface area contributed by atoms with E-state index in [1.807, 2.05) is 26.0 Å². The van der Waals surface area contributed by atoms with Crippen molar-refractivity contribution in [3.05, 3.63) is 94.5 Å². The number of carbonyl (C=O) groups excluding carboxylic acids is 2. The number of alkyl halides is 6. The second kappa shape index (κ2) is 11.8. The quantitative estimate of drug-likeness (QED) is 0.188. The van der Waals surface area contributed by atoms with Gasteiger partial charge in [-0.2, -0.15) is 26.3 Å². The molecule has 0 saturated carbocycles. The number of nitrogens with zero attached hydrogens (tertiary/aromatic N) is 1. The molecule has 0 spiro atoms. The van der Waals surface area contributed by atoms with Crippen molar-refractivity contribution in [2.24, 2.45) is 0 Å². The van der Waals surface area contributed by atoms with Gasteiger partial charge >= 0.3 is 18.4 Å². The summed E-state index contributed by atoms with van der Waals surface area (Å²) in [5.74, 6) is -0.00932. The molecule has 6 nitrogen and oxygen atoms in total. The van der Waals surface area contributed by atoms with Gasteiger partial charge in [0.25, 0.3) is 11.5 Å². The predicted molar refractivity (Wildman–Crippen MR) is 150 cm³/mol. The van der Waals surface area contributed by atoms with Crippen LogP contribution in [-0.4, -0.2) is 34.3 Å². The molecule has 12 heteroatoms. The van der Waals surface area contributed by atoms with Crippen LogP contribution in [0, 0.1) is 0 Å². The normalized spacial score (nSPS) is 17.8. The second-order valence-corrected chi connectivity index (χ2v) is 11.3. The Morgan fingerprint density at radius 2 is 1.57 bits per heavy atom. The van der Waals surface area contributed by atoms with Crippen LogP contribution in [0.2, 0.25) is 0 Å². The van der Waals surface area contributed by atoms with E-state index in [1.165, 1.54) is 12.1 Å². The van der Waals surface area contributed by atoms with Crippen molar-refractivity contribution < 1.29 is 45.8 Å². The summed E-state index contributed by atoms with van der Waals surface area (Å²) in [5.41, 5.74) is -5.51. The van der Waals surface area contributed by atoms with Crippen LogP contribution in [0.5, 0.6) is 11.5 Å². The monoisotopic (exact) mass is 622 g/mol. The summed E-state index contributed by atoms with van der Waals surface area (Å²) in [6.45, 7) is 7.27. The maximum Gasteiger partial charge on any atom is 0.430 e. The number of imide groups is 1. The molecule has 0 bridgehead atoms. The maximum absolute atomic E-state index is 13.4. The molecular weight excluding hydrogens is 590 g/mol. The average molecular weight is 623 g/mol. The maximum atomic E-state index is 13.4. The number of halogens is 6. The molecular formula is C32H32F6N2O4. The van der Waals surface area contributed by atoms with Gasteiger partial charge in [-0.15, -0.1) is 0 Å². The number of benzene rings is 3. The molecule has 0 aromatic heterocycles. The van der Waals surface area contributed by atoms with Gasteiger partial charge in [0.2, 0.25) is 0 Å². The second-order valence-electron chi connectivity index (χ2n) is 11.3. The smallest absolute Gasteiger partial charge is 0.430 e. The van der Waals surface area contributed by atoms with Crippen molar-refractivity contribution in [1.29, 1.82) is 0 Å². The molecule has 1 saturated heterocycles. The number of ether oxygens (including phenoxy) is 1. The molecule has 1 atom stereocenters. The average Bonchev–Trinajstić information content (AvgIpc) is 3.16. The fourth-order valence-electron chi connectivity index (χ4n) is 5.11. The van der Waals surface area contributed by atoms with Crippen molar-refractivity contribution in [3.63, 3.8) is 0 Å². The Bertz CT molecular complexity index is 1520. The SMILES string of the molecule is CCCc1cc(C(O)(C(F)(F)F)C(F)(F)F)ccc1Oc1cccc(CN2C(=O)NC(C)(c3ccc(C(C)C)cc3)C2=O)c1. The van der Waals surface area contributed by atoms with Crippen molar-refractivity contribution in [3.8, 4) is 11.5 Å². The molecule has 2 N–H and O–H groups in total. The molecule has 236 valence electrons. The topological polar surface area (TPSA) is 78.9 Å². The third kappa shape index (κ3) is 5.99. The van der Waals surface area contributed by atoms with E-state index in [9.17, 15) is 41.0 Å². The Morgan fingerprint density at radius 1 is 0.932 bits per heavy atom. The van der Waals surface area contributed by atoms with E-state index >= 15 is 0 Å². The van der Waals surface area contributed by atoms with Gasteiger partial charge in [0.15, 0.2) is 0 Å². The lowest BCUT2D eigenvalue weighted by Gasteiger charge is -2.33. The molecule has 1 aliphatic rings. The minimum atomic E-state index is -6.02. The van der Waals surface area contributed by atoms with E-state index in [4.69, 9.17) is 4.74 Å². The Labute approximate surface area is 250 Å². The summed E-state index contributed by atoms with van der Waals surface area (Å²) >= 11 is 0. The molecule has 44 heavy (non-hydrogen) atoms. The van der Waals surface area contributed by atoms with Gasteiger partial charge < -0.3 is 15.2 Å². The summed E-state index contributed by atoms with van der Waals surface area (Å²) < 4.78 is 86.5. The zero-order valence-corrected chi connectivity index (χ0v) is 24.4. The highest BCUT2D eigenvalue weighted by atomic mass is 19.4. The number of aliphatic hydroxyl groups is 1. The molecule has 1 fully saturated rings. The van der Waals surface area contributed by atoms with Crippen LogP contribution in [0.4, 0.5) is 31.1 Å². The molecule has 3 aromatic rings. The molecule has 1 unspecified atom stereocenters. The van der Waals surface area contributed by atoms with Crippen molar-refractivity contribution in [1.82, 2.24) is 10.2 Å². The Balaban J connectivity index is 1.58. The number of amides is 3. The van der Waals surface area contributed by atoms with Gasteiger partial charge in [0.1, 0.15) is 17.0 Å². The zero-order valence-electron chi connectivity index (χ0n) is 24.4. The third-order valence-corrected chi connectivity index (χ3v) is 7.71. The number of hydrogen-bond donors (Lipinski definition) is 2. The minimum Gasteiger partial charge on any atom is -0.457 e. The summed E-state index contributed by atoms with van der Waals surface area (Å²) in [6.07, 6.45) is -11.6. The number of hydrogen-bond acceptors (Lipinski definition) is 4. The van der Waals surface area contributed by atoms with Crippen LogP contribution in [0.1, 0.15) is 67.9 Å². The van der Waals surface area contributed by atoms with E-state index in [0.29, 0.717) is 29.7 Å². The highest BCUT2D eigenvalue weighted by molar-refractivity contribution is 6.07. The summed E-state index contributed by atoms with van der Waals surface area (Å²) in [7, 11) is 0. The Hall–Kier alpha value is -4.06. The van der Waals surface area contributed by atoms with Gasteiger partial charge in [0.05, 0.1) is 6.54 Å². The Kier molecular flexibility index (Phi) is 8.80. The Morgan fingerprint density at radius 3 is 2.14 bits per heavy atom. The highest BCUT2D eigenvalue weighted by Gasteiger charge is 2.71. The van der Waals surface area contributed by atoms with E-state index < -0.39 is 41.0 Å². The number of rotatable bonds is 9. The summed E-state index contributed by atoms with van der Waals surface area (Å²) in [6, 6.07) is 15.2. The fraction of sp³-hybridized carbons (Fsp3) is 0.375. The van der Waals surface area contributed by atoms with E-state index in [1.54, 1.807) is 38.1 Å². The lowest BCUT2D eigenvalue weighted by molar-refractivity contribution is -0.376. The largest absolute Gasteiger partial charge is 0.457 e. The first-order chi connectivity index (χ1) is 20.4. The van der Waals surface area contributed by atoms with Crippen LogP contribution in [0.15, 0.2) is 66.7 Å². The lowest BCUT2D eigenvalue weighted by Crippen LogP contribution is -2.53. The first kappa shape index (κ1) is 32.8. The molecule has 4 rings (SSSR count). The number of aryl methyl sites for hydroxylation is 1. The third-order valence-electron chi connectivity index (χ3n) is 7.71. The molecule has 3 amide bonds. The zero-order chi connectivity index (χ0) is 32.7. The van der Waals surface area contributed by atoms with Gasteiger partial charge in [0, 0.05) is 5.56 Å². The van der Waals surface area contributed by atoms with E-state index in [0.717, 1.165) is 16.5 Å². The standard InChI is InChI=1S/C32H32F6N2O4/c1-5-7-22-17-24(30(43,31(33,34)35)32(36,37)38)14-15-26(22)44-25-9-6-8-20(16-25)18-40-27(41)29(4,39-28(40)42)23-12-10-21(11-13-23)19(2)3/h6,8-17,19,43H,5,7,18H2,1-4H3,(H,39,42). The van der Waals surface area contributed by atoms with Gasteiger partial charge in [-0.25, -0.2) is 4.79 Å². The van der Waals surface area contributed by atoms with Crippen molar-refractivity contribution in [2.45, 2.75) is 76.5 Å². The first-order valence-corrected chi connectivity index (χ1v) is 13.9. The highest BCUT2D eigenvalue weighted by Crippen LogP contribution is 2.50. The fourth-order valence-corrected chi connectivity index (χ4v) is 5.11. The molecule has 3 aromatic carbocycles. The van der Waals surface area contributed by atoms with Crippen LogP contribution in [-0.2, 0) is 28.9 Å². The number of urea groups is 1. The van der Waals surface area contributed by atoms with Crippen LogP contribution >= 0.6 is 0 Å². The van der Waals surface area contributed by atoms with E-state index in [-0.39, 0.29) is 35.9 Å². The molecule has 1 heterocycles. The number of carbonyl (C=O) groups is 2. The number of nitrogens with one attached hydrogen (secondary N) is 1.